The third-order valence-corrected chi connectivity index (χ3v) is 6.63. The van der Waals surface area contributed by atoms with E-state index in [1.54, 1.807) is 0 Å². The van der Waals surface area contributed by atoms with E-state index >= 15 is 0 Å². The van der Waals surface area contributed by atoms with Crippen molar-refractivity contribution in [3.63, 3.8) is 0 Å². The van der Waals surface area contributed by atoms with Gasteiger partial charge in [0.05, 0.1) is 31.8 Å². The summed E-state index contributed by atoms with van der Waals surface area (Å²) in [6.07, 6.45) is 4.84. The van der Waals surface area contributed by atoms with Gasteiger partial charge in [0.15, 0.2) is 0 Å². The molecule has 28 heavy (non-hydrogen) atoms. The molecule has 1 aliphatic carbocycles. The summed E-state index contributed by atoms with van der Waals surface area (Å²) < 4.78 is 10.7. The number of aromatic nitrogens is 2. The molecular formula is C20H28N4O3S. The number of esters is 1. The number of fused-ring (bicyclic) bond motifs is 1. The van der Waals surface area contributed by atoms with E-state index in [1.165, 1.54) is 24.2 Å². The monoisotopic (exact) mass is 404 g/mol. The van der Waals surface area contributed by atoms with Gasteiger partial charge in [-0.1, -0.05) is 12.8 Å². The van der Waals surface area contributed by atoms with Gasteiger partial charge >= 0.3 is 5.97 Å². The largest absolute Gasteiger partial charge is 0.462 e. The highest BCUT2D eigenvalue weighted by molar-refractivity contribution is 7.20. The highest BCUT2D eigenvalue weighted by Gasteiger charge is 2.24. The van der Waals surface area contributed by atoms with Crippen LogP contribution in [0.1, 0.15) is 53.7 Å². The van der Waals surface area contributed by atoms with Crippen LogP contribution >= 0.6 is 11.3 Å². The molecule has 0 aromatic carbocycles. The van der Waals surface area contributed by atoms with Crippen LogP contribution in [-0.4, -0.2) is 59.8 Å². The zero-order valence-corrected chi connectivity index (χ0v) is 17.4. The fraction of sp³-hybridized carbons (Fsp3) is 0.650. The highest BCUT2D eigenvalue weighted by Crippen LogP contribution is 2.36. The molecule has 0 atom stereocenters. The number of nitrogens with one attached hydrogen (secondary N) is 1. The number of hydrogen-bond acceptors (Lipinski definition) is 8. The Bertz CT molecular complexity index is 842. The van der Waals surface area contributed by atoms with Crippen molar-refractivity contribution in [1.29, 1.82) is 0 Å². The Kier molecular flexibility index (Phi) is 6.08. The number of thiophene rings is 1. The van der Waals surface area contributed by atoms with E-state index in [1.807, 2.05) is 13.8 Å². The van der Waals surface area contributed by atoms with Crippen molar-refractivity contribution in [3.05, 3.63) is 16.3 Å². The predicted molar refractivity (Wildman–Crippen MR) is 110 cm³/mol. The first-order chi connectivity index (χ1) is 13.7. The minimum absolute atomic E-state index is 0.274. The Balaban J connectivity index is 1.70. The summed E-state index contributed by atoms with van der Waals surface area (Å²) in [5.41, 5.74) is 0.914. The Morgan fingerprint density at radius 1 is 1.29 bits per heavy atom. The Labute approximate surface area is 169 Å². The fourth-order valence-corrected chi connectivity index (χ4v) is 5.07. The molecule has 0 spiro atoms. The minimum Gasteiger partial charge on any atom is -0.462 e. The van der Waals surface area contributed by atoms with Gasteiger partial charge in [0.25, 0.3) is 0 Å². The fourth-order valence-electron chi connectivity index (χ4n) is 3.97. The number of rotatable bonds is 6. The molecule has 3 heterocycles. The molecule has 0 unspecified atom stereocenters. The van der Waals surface area contributed by atoms with Gasteiger partial charge in [-0.15, -0.1) is 11.3 Å². The van der Waals surface area contributed by atoms with Crippen LogP contribution in [0.15, 0.2) is 0 Å². The molecule has 4 rings (SSSR count). The van der Waals surface area contributed by atoms with Crippen molar-refractivity contribution in [1.82, 2.24) is 14.9 Å². The molecule has 0 amide bonds. The molecule has 1 aliphatic heterocycles. The van der Waals surface area contributed by atoms with E-state index in [-0.39, 0.29) is 5.97 Å². The van der Waals surface area contributed by atoms with E-state index in [4.69, 9.17) is 19.4 Å². The second kappa shape index (κ2) is 8.71. The van der Waals surface area contributed by atoms with E-state index in [9.17, 15) is 4.79 Å². The van der Waals surface area contributed by atoms with Crippen molar-refractivity contribution in [2.45, 2.75) is 52.1 Å². The van der Waals surface area contributed by atoms with E-state index < -0.39 is 0 Å². The summed E-state index contributed by atoms with van der Waals surface area (Å²) in [5, 5.41) is 4.61. The van der Waals surface area contributed by atoms with Gasteiger partial charge in [-0.3, -0.25) is 4.90 Å². The van der Waals surface area contributed by atoms with Crippen LogP contribution in [0.2, 0.25) is 0 Å². The van der Waals surface area contributed by atoms with E-state index in [2.05, 4.69) is 10.2 Å². The van der Waals surface area contributed by atoms with Crippen LogP contribution in [0.25, 0.3) is 10.2 Å². The van der Waals surface area contributed by atoms with Crippen molar-refractivity contribution in [3.8, 4) is 0 Å². The summed E-state index contributed by atoms with van der Waals surface area (Å²) in [5.74, 6) is 1.39. The summed E-state index contributed by atoms with van der Waals surface area (Å²) in [6, 6.07) is 0.444. The number of carbonyl (C=O) groups is 1. The molecule has 0 bridgehead atoms. The van der Waals surface area contributed by atoms with Crippen LogP contribution in [-0.2, 0) is 16.0 Å². The van der Waals surface area contributed by atoms with Gasteiger partial charge in [0, 0.05) is 19.1 Å². The third kappa shape index (κ3) is 4.14. The van der Waals surface area contributed by atoms with Crippen LogP contribution in [0.5, 0.6) is 0 Å². The van der Waals surface area contributed by atoms with Crippen molar-refractivity contribution in [2.24, 2.45) is 0 Å². The Hall–Kier alpha value is -1.77. The van der Waals surface area contributed by atoms with E-state index in [0.29, 0.717) is 24.1 Å². The van der Waals surface area contributed by atoms with Crippen molar-refractivity contribution in [2.75, 3.05) is 38.2 Å². The molecule has 1 saturated carbocycles. The Morgan fingerprint density at radius 3 is 2.75 bits per heavy atom. The number of carbonyl (C=O) groups excluding carboxylic acids is 1. The summed E-state index contributed by atoms with van der Waals surface area (Å²) in [4.78, 5) is 25.9. The zero-order chi connectivity index (χ0) is 19.5. The first kappa shape index (κ1) is 19.5. The highest BCUT2D eigenvalue weighted by atomic mass is 32.1. The maximum atomic E-state index is 12.4. The average Bonchev–Trinajstić information content (AvgIpc) is 3.31. The topological polar surface area (TPSA) is 76.6 Å². The van der Waals surface area contributed by atoms with Crippen LogP contribution < -0.4 is 5.32 Å². The number of ether oxygens (including phenoxy) is 2. The summed E-state index contributed by atoms with van der Waals surface area (Å²) in [6.45, 7) is 8.15. The van der Waals surface area contributed by atoms with Crippen molar-refractivity contribution >= 4 is 33.3 Å². The lowest BCUT2D eigenvalue weighted by molar-refractivity contribution is 0.0331. The van der Waals surface area contributed by atoms with Crippen LogP contribution in [0.3, 0.4) is 0 Å². The normalized spacial score (nSPS) is 18.6. The molecule has 2 aliphatic rings. The molecule has 8 heteroatoms. The summed E-state index contributed by atoms with van der Waals surface area (Å²) >= 11 is 1.41. The van der Waals surface area contributed by atoms with Gasteiger partial charge in [0.1, 0.15) is 21.3 Å². The van der Waals surface area contributed by atoms with E-state index in [0.717, 1.165) is 66.6 Å². The molecule has 7 nitrogen and oxygen atoms in total. The molecule has 0 radical (unpaired) electrons. The quantitative estimate of drug-likeness (QED) is 0.740. The number of anilines is 1. The SMILES string of the molecule is CCOC(=O)c1sc2nc(CN3CCOCC3)nc(NC3CCCC3)c2c1C. The second-order valence-electron chi connectivity index (χ2n) is 7.46. The molecule has 1 N–H and O–H groups in total. The van der Waals surface area contributed by atoms with Gasteiger partial charge in [-0.25, -0.2) is 14.8 Å². The molecule has 2 aromatic heterocycles. The number of aryl methyl sites for hydroxylation is 1. The maximum Gasteiger partial charge on any atom is 0.348 e. The van der Waals surface area contributed by atoms with Gasteiger partial charge < -0.3 is 14.8 Å². The smallest absolute Gasteiger partial charge is 0.348 e. The minimum atomic E-state index is -0.274. The van der Waals surface area contributed by atoms with Gasteiger partial charge in [0.2, 0.25) is 0 Å². The first-order valence-corrected chi connectivity index (χ1v) is 11.0. The maximum absolute atomic E-state index is 12.4. The molecule has 1 saturated heterocycles. The van der Waals surface area contributed by atoms with Gasteiger partial charge in [-0.2, -0.15) is 0 Å². The third-order valence-electron chi connectivity index (χ3n) is 5.46. The number of nitrogens with zero attached hydrogens (tertiary/aromatic N) is 3. The lowest BCUT2D eigenvalue weighted by Gasteiger charge is -2.26. The number of morpholine rings is 1. The second-order valence-corrected chi connectivity index (χ2v) is 8.46. The molecule has 152 valence electrons. The standard InChI is InChI=1S/C20H28N4O3S/c1-3-27-20(25)17-13(2)16-18(21-14-6-4-5-7-14)22-15(23-19(16)28-17)12-24-8-10-26-11-9-24/h14H,3-12H2,1-2H3,(H,21,22,23). The number of hydrogen-bond donors (Lipinski definition) is 1. The lowest BCUT2D eigenvalue weighted by atomic mass is 10.2. The zero-order valence-electron chi connectivity index (χ0n) is 16.6. The molecule has 2 fully saturated rings. The summed E-state index contributed by atoms with van der Waals surface area (Å²) in [7, 11) is 0. The lowest BCUT2D eigenvalue weighted by Crippen LogP contribution is -2.36. The Morgan fingerprint density at radius 2 is 2.04 bits per heavy atom. The predicted octanol–water partition coefficient (Wildman–Crippen LogP) is 3.36. The first-order valence-electron chi connectivity index (χ1n) is 10.2. The average molecular weight is 405 g/mol. The van der Waals surface area contributed by atoms with Crippen LogP contribution in [0.4, 0.5) is 5.82 Å². The molecular weight excluding hydrogens is 376 g/mol. The molecule has 2 aromatic rings. The van der Waals surface area contributed by atoms with Gasteiger partial charge in [-0.05, 0) is 32.3 Å². The van der Waals surface area contributed by atoms with Crippen LogP contribution in [0, 0.1) is 6.92 Å². The van der Waals surface area contributed by atoms with Crippen molar-refractivity contribution < 1.29 is 14.3 Å².